The largest absolute Gasteiger partial charge is 0.396 e. The molecule has 2 aromatic rings. The number of benzene rings is 1. The number of hydrogen-bond donors (Lipinski definition) is 2. The van der Waals surface area contributed by atoms with Crippen LogP contribution in [0.2, 0.25) is 0 Å². The second-order valence-electron chi connectivity index (χ2n) is 4.05. The van der Waals surface area contributed by atoms with Crippen molar-refractivity contribution in [3.8, 4) is 0 Å². The highest BCUT2D eigenvalue weighted by Gasteiger charge is 2.03. The Hall–Kier alpha value is -1.69. The summed E-state index contributed by atoms with van der Waals surface area (Å²) < 4.78 is 26.8. The molecule has 100 valence electrons. The average molecular weight is 328 g/mol. The van der Waals surface area contributed by atoms with Gasteiger partial charge in [-0.3, -0.25) is 0 Å². The fourth-order valence-electron chi connectivity index (χ4n) is 1.68. The summed E-state index contributed by atoms with van der Waals surface area (Å²) >= 11 is 3.26. The molecule has 0 atom stereocenters. The van der Waals surface area contributed by atoms with E-state index in [1.807, 2.05) is 0 Å². The first-order chi connectivity index (χ1) is 9.04. The van der Waals surface area contributed by atoms with E-state index in [4.69, 9.17) is 5.73 Å². The van der Waals surface area contributed by atoms with Crippen molar-refractivity contribution in [2.75, 3.05) is 17.6 Å². The number of halogens is 3. The molecule has 0 radical (unpaired) electrons. The topological polar surface area (TPSA) is 50.9 Å². The third-order valence-electron chi connectivity index (χ3n) is 2.51. The molecule has 0 aliphatic heterocycles. The van der Waals surface area contributed by atoms with E-state index in [9.17, 15) is 8.78 Å². The highest BCUT2D eigenvalue weighted by atomic mass is 79.9. The van der Waals surface area contributed by atoms with Gasteiger partial charge in [-0.05, 0) is 46.1 Å². The molecule has 1 aromatic carbocycles. The van der Waals surface area contributed by atoms with Crippen LogP contribution >= 0.6 is 15.9 Å². The molecule has 0 spiro atoms. The average Bonchev–Trinajstić information content (AvgIpc) is 2.30. The lowest BCUT2D eigenvalue weighted by Crippen LogP contribution is -2.08. The summed E-state index contributed by atoms with van der Waals surface area (Å²) in [7, 11) is 0. The summed E-state index contributed by atoms with van der Waals surface area (Å²) in [6.45, 7) is 0.488. The SMILES string of the molecule is Nc1cc(Br)cnc1NCCc1cc(F)cc(F)c1. The Bertz CT molecular complexity index is 570. The number of rotatable bonds is 4. The fraction of sp³-hybridized carbons (Fsp3) is 0.154. The van der Waals surface area contributed by atoms with E-state index in [0.717, 1.165) is 10.5 Å². The number of aromatic nitrogens is 1. The van der Waals surface area contributed by atoms with E-state index in [1.54, 1.807) is 12.3 Å². The van der Waals surface area contributed by atoms with Crippen molar-refractivity contribution in [1.29, 1.82) is 0 Å². The molecular weight excluding hydrogens is 316 g/mol. The first-order valence-corrected chi connectivity index (χ1v) is 6.44. The summed E-state index contributed by atoms with van der Waals surface area (Å²) in [5.74, 6) is -0.590. The van der Waals surface area contributed by atoms with Gasteiger partial charge in [0.2, 0.25) is 0 Å². The zero-order valence-electron chi connectivity index (χ0n) is 9.96. The monoisotopic (exact) mass is 327 g/mol. The van der Waals surface area contributed by atoms with Crippen molar-refractivity contribution in [3.63, 3.8) is 0 Å². The molecule has 1 aromatic heterocycles. The van der Waals surface area contributed by atoms with Crippen LogP contribution < -0.4 is 11.1 Å². The Labute approximate surface area is 118 Å². The van der Waals surface area contributed by atoms with E-state index in [-0.39, 0.29) is 0 Å². The number of pyridine rings is 1. The molecule has 19 heavy (non-hydrogen) atoms. The molecule has 0 unspecified atom stereocenters. The van der Waals surface area contributed by atoms with Gasteiger partial charge in [0.05, 0.1) is 5.69 Å². The second kappa shape index (κ2) is 5.97. The van der Waals surface area contributed by atoms with Gasteiger partial charge in [0.15, 0.2) is 0 Å². The Morgan fingerprint density at radius 1 is 1.16 bits per heavy atom. The third-order valence-corrected chi connectivity index (χ3v) is 2.95. The lowest BCUT2D eigenvalue weighted by atomic mass is 10.1. The Kier molecular flexibility index (Phi) is 4.31. The number of hydrogen-bond acceptors (Lipinski definition) is 3. The number of nitrogen functional groups attached to an aromatic ring is 1. The fourth-order valence-corrected chi connectivity index (χ4v) is 2.03. The molecular formula is C13H12BrF2N3. The van der Waals surface area contributed by atoms with Gasteiger partial charge >= 0.3 is 0 Å². The van der Waals surface area contributed by atoms with Gasteiger partial charge in [0, 0.05) is 23.3 Å². The Morgan fingerprint density at radius 2 is 1.84 bits per heavy atom. The van der Waals surface area contributed by atoms with Crippen molar-refractivity contribution >= 4 is 27.4 Å². The van der Waals surface area contributed by atoms with Crippen molar-refractivity contribution in [3.05, 3.63) is 52.1 Å². The maximum absolute atomic E-state index is 13.0. The van der Waals surface area contributed by atoms with E-state index < -0.39 is 11.6 Å². The van der Waals surface area contributed by atoms with Crippen LogP contribution in [0.3, 0.4) is 0 Å². The summed E-state index contributed by atoms with van der Waals surface area (Å²) in [6, 6.07) is 5.20. The highest BCUT2D eigenvalue weighted by molar-refractivity contribution is 9.10. The quantitative estimate of drug-likeness (QED) is 0.905. The van der Waals surface area contributed by atoms with Gasteiger partial charge in [-0.25, -0.2) is 13.8 Å². The first kappa shape index (κ1) is 13.7. The Balaban J connectivity index is 1.96. The van der Waals surface area contributed by atoms with Crippen LogP contribution in [0.25, 0.3) is 0 Å². The molecule has 0 aliphatic rings. The molecule has 0 bridgehead atoms. The molecule has 0 saturated carbocycles. The molecule has 3 nitrogen and oxygen atoms in total. The molecule has 2 rings (SSSR count). The molecule has 0 aliphatic carbocycles. The smallest absolute Gasteiger partial charge is 0.149 e. The zero-order valence-corrected chi connectivity index (χ0v) is 11.5. The van der Waals surface area contributed by atoms with Crippen LogP contribution in [0.4, 0.5) is 20.3 Å². The molecule has 6 heteroatoms. The molecule has 3 N–H and O–H groups in total. The summed E-state index contributed by atoms with van der Waals surface area (Å²) in [6.07, 6.45) is 2.10. The predicted octanol–water partition coefficient (Wildman–Crippen LogP) is 3.36. The number of anilines is 2. The maximum atomic E-state index is 13.0. The van der Waals surface area contributed by atoms with Gasteiger partial charge in [-0.1, -0.05) is 0 Å². The minimum absolute atomic E-state index is 0.478. The van der Waals surface area contributed by atoms with Gasteiger partial charge in [-0.2, -0.15) is 0 Å². The van der Waals surface area contributed by atoms with Crippen LogP contribution in [0.5, 0.6) is 0 Å². The summed E-state index contributed by atoms with van der Waals surface area (Å²) in [5, 5.41) is 3.03. The lowest BCUT2D eigenvalue weighted by molar-refractivity contribution is 0.580. The molecule has 0 amide bonds. The standard InChI is InChI=1S/C13H12BrF2N3/c14-9-5-12(17)13(19-7-9)18-2-1-8-3-10(15)6-11(16)4-8/h3-7H,1-2,17H2,(H,18,19). The molecule has 0 saturated heterocycles. The van der Waals surface area contributed by atoms with Crippen LogP contribution in [-0.2, 0) is 6.42 Å². The van der Waals surface area contributed by atoms with E-state index in [2.05, 4.69) is 26.2 Å². The van der Waals surface area contributed by atoms with Gasteiger partial charge in [0.25, 0.3) is 0 Å². The van der Waals surface area contributed by atoms with Crippen molar-refractivity contribution < 1.29 is 8.78 Å². The molecule has 0 fully saturated rings. The Morgan fingerprint density at radius 3 is 2.47 bits per heavy atom. The minimum atomic E-state index is -0.573. The highest BCUT2D eigenvalue weighted by Crippen LogP contribution is 2.19. The van der Waals surface area contributed by atoms with Crippen molar-refractivity contribution in [2.45, 2.75) is 6.42 Å². The molecule has 1 heterocycles. The van der Waals surface area contributed by atoms with Gasteiger partial charge < -0.3 is 11.1 Å². The minimum Gasteiger partial charge on any atom is -0.396 e. The second-order valence-corrected chi connectivity index (χ2v) is 4.96. The van der Waals surface area contributed by atoms with Gasteiger partial charge in [0.1, 0.15) is 17.5 Å². The predicted molar refractivity (Wildman–Crippen MR) is 74.9 cm³/mol. The zero-order chi connectivity index (χ0) is 13.8. The maximum Gasteiger partial charge on any atom is 0.149 e. The van der Waals surface area contributed by atoms with E-state index in [1.165, 1.54) is 12.1 Å². The first-order valence-electron chi connectivity index (χ1n) is 5.64. The van der Waals surface area contributed by atoms with Crippen LogP contribution in [0.1, 0.15) is 5.56 Å². The lowest BCUT2D eigenvalue weighted by Gasteiger charge is -2.08. The number of nitrogens with two attached hydrogens (primary N) is 1. The summed E-state index contributed by atoms with van der Waals surface area (Å²) in [4.78, 5) is 4.11. The number of nitrogens with zero attached hydrogens (tertiary/aromatic N) is 1. The van der Waals surface area contributed by atoms with Crippen LogP contribution in [0, 0.1) is 11.6 Å². The normalized spacial score (nSPS) is 10.5. The van der Waals surface area contributed by atoms with E-state index >= 15 is 0 Å². The van der Waals surface area contributed by atoms with E-state index in [0.29, 0.717) is 30.0 Å². The third kappa shape index (κ3) is 3.89. The van der Waals surface area contributed by atoms with Crippen molar-refractivity contribution in [2.24, 2.45) is 0 Å². The van der Waals surface area contributed by atoms with Crippen LogP contribution in [0.15, 0.2) is 34.9 Å². The van der Waals surface area contributed by atoms with Gasteiger partial charge in [-0.15, -0.1) is 0 Å². The van der Waals surface area contributed by atoms with Crippen LogP contribution in [-0.4, -0.2) is 11.5 Å². The summed E-state index contributed by atoms with van der Waals surface area (Å²) in [5.41, 5.74) is 6.87. The number of nitrogens with one attached hydrogen (secondary N) is 1. The van der Waals surface area contributed by atoms with Crippen molar-refractivity contribution in [1.82, 2.24) is 4.98 Å².